The molecule has 0 amide bonds. The van der Waals surface area contributed by atoms with Crippen LogP contribution in [0.15, 0.2) is 12.1 Å². The Hall–Kier alpha value is -1.23. The Morgan fingerprint density at radius 1 is 1.53 bits per heavy atom. The molecule has 0 saturated carbocycles. The van der Waals surface area contributed by atoms with E-state index in [2.05, 4.69) is 9.55 Å². The van der Waals surface area contributed by atoms with E-state index in [4.69, 9.17) is 5.73 Å². The number of fused-ring (bicyclic) bond motifs is 1. The van der Waals surface area contributed by atoms with Crippen molar-refractivity contribution in [1.82, 2.24) is 9.55 Å². The molecule has 1 aromatic carbocycles. The van der Waals surface area contributed by atoms with E-state index in [0.29, 0.717) is 23.1 Å². The summed E-state index contributed by atoms with van der Waals surface area (Å²) in [6, 6.07) is 3.71. The fourth-order valence-electron chi connectivity index (χ4n) is 2.35. The molecule has 2 heterocycles. The SMILES string of the molecule is Cc1cc2c(cc1F)nc(N)n2C1CCSC1. The summed E-state index contributed by atoms with van der Waals surface area (Å²) in [6.45, 7) is 1.77. The molecule has 1 saturated heterocycles. The van der Waals surface area contributed by atoms with Crippen LogP contribution in [0, 0.1) is 12.7 Å². The molecule has 1 atom stereocenters. The number of anilines is 1. The second kappa shape index (κ2) is 3.91. The molecule has 0 spiro atoms. The van der Waals surface area contributed by atoms with Gasteiger partial charge < -0.3 is 10.3 Å². The first-order chi connectivity index (χ1) is 8.16. The fourth-order valence-corrected chi connectivity index (χ4v) is 3.54. The highest BCUT2D eigenvalue weighted by Gasteiger charge is 2.22. The van der Waals surface area contributed by atoms with Gasteiger partial charge >= 0.3 is 0 Å². The van der Waals surface area contributed by atoms with Crippen molar-refractivity contribution >= 4 is 28.7 Å². The number of nitrogens with two attached hydrogens (primary N) is 1. The maximum Gasteiger partial charge on any atom is 0.201 e. The number of hydrogen-bond acceptors (Lipinski definition) is 3. The Morgan fingerprint density at radius 3 is 3.06 bits per heavy atom. The van der Waals surface area contributed by atoms with E-state index in [1.165, 1.54) is 6.07 Å². The summed E-state index contributed by atoms with van der Waals surface area (Å²) < 4.78 is 15.5. The number of benzene rings is 1. The largest absolute Gasteiger partial charge is 0.369 e. The molecule has 1 fully saturated rings. The molecule has 90 valence electrons. The molecule has 2 aromatic rings. The van der Waals surface area contributed by atoms with E-state index in [-0.39, 0.29) is 5.82 Å². The molecule has 0 radical (unpaired) electrons. The van der Waals surface area contributed by atoms with E-state index < -0.39 is 0 Å². The molecular weight excluding hydrogens is 237 g/mol. The summed E-state index contributed by atoms with van der Waals surface area (Å²) in [7, 11) is 0. The molecule has 1 aromatic heterocycles. The number of nitrogen functional groups attached to an aromatic ring is 1. The van der Waals surface area contributed by atoms with Gasteiger partial charge in [-0.3, -0.25) is 0 Å². The average molecular weight is 251 g/mol. The van der Waals surface area contributed by atoms with Gasteiger partial charge in [0.05, 0.1) is 11.0 Å². The van der Waals surface area contributed by atoms with Crippen LogP contribution >= 0.6 is 11.8 Å². The van der Waals surface area contributed by atoms with Gasteiger partial charge in [0.25, 0.3) is 0 Å². The molecule has 2 N–H and O–H groups in total. The second-order valence-corrected chi connectivity index (χ2v) is 5.60. The van der Waals surface area contributed by atoms with Crippen molar-refractivity contribution in [3.05, 3.63) is 23.5 Å². The summed E-state index contributed by atoms with van der Waals surface area (Å²) in [5, 5.41) is 0. The van der Waals surface area contributed by atoms with E-state index in [1.54, 1.807) is 6.92 Å². The topological polar surface area (TPSA) is 43.8 Å². The van der Waals surface area contributed by atoms with Crippen LogP contribution in [0.25, 0.3) is 11.0 Å². The molecule has 17 heavy (non-hydrogen) atoms. The van der Waals surface area contributed by atoms with Gasteiger partial charge in [0, 0.05) is 17.9 Å². The van der Waals surface area contributed by atoms with Crippen LogP contribution in [0.4, 0.5) is 10.3 Å². The van der Waals surface area contributed by atoms with Crippen LogP contribution < -0.4 is 5.73 Å². The minimum absolute atomic E-state index is 0.219. The molecular formula is C12H14FN3S. The number of nitrogens with zero attached hydrogens (tertiary/aromatic N) is 2. The number of halogens is 1. The van der Waals surface area contributed by atoms with Crippen molar-refractivity contribution in [1.29, 1.82) is 0 Å². The van der Waals surface area contributed by atoms with Gasteiger partial charge in [0.15, 0.2) is 0 Å². The first kappa shape index (κ1) is 10.9. The van der Waals surface area contributed by atoms with Crippen LogP contribution in [-0.2, 0) is 0 Å². The standard InChI is InChI=1S/C12H14FN3S/c1-7-4-11-10(5-9(7)13)15-12(14)16(11)8-2-3-17-6-8/h4-5,8H,2-3,6H2,1H3,(H2,14,15). The Bertz CT molecular complexity index is 573. The van der Waals surface area contributed by atoms with E-state index >= 15 is 0 Å². The van der Waals surface area contributed by atoms with Gasteiger partial charge in [-0.1, -0.05) is 0 Å². The summed E-state index contributed by atoms with van der Waals surface area (Å²) in [5.74, 6) is 2.50. The van der Waals surface area contributed by atoms with Crippen molar-refractivity contribution in [2.24, 2.45) is 0 Å². The second-order valence-electron chi connectivity index (χ2n) is 4.45. The summed E-state index contributed by atoms with van der Waals surface area (Å²) >= 11 is 1.93. The van der Waals surface area contributed by atoms with Gasteiger partial charge in [0.1, 0.15) is 5.82 Å². The van der Waals surface area contributed by atoms with Crippen LogP contribution in [0.5, 0.6) is 0 Å². The highest BCUT2D eigenvalue weighted by Crippen LogP contribution is 2.33. The molecule has 3 nitrogen and oxygen atoms in total. The zero-order valence-electron chi connectivity index (χ0n) is 9.61. The lowest BCUT2D eigenvalue weighted by Gasteiger charge is -2.13. The Kier molecular flexibility index (Phi) is 2.50. The van der Waals surface area contributed by atoms with Gasteiger partial charge in [-0.2, -0.15) is 11.8 Å². The number of aryl methyl sites for hydroxylation is 1. The van der Waals surface area contributed by atoms with Crippen LogP contribution in [0.3, 0.4) is 0 Å². The lowest BCUT2D eigenvalue weighted by Crippen LogP contribution is -2.11. The molecule has 1 aliphatic rings. The zero-order valence-corrected chi connectivity index (χ0v) is 10.4. The number of aromatic nitrogens is 2. The van der Waals surface area contributed by atoms with Crippen molar-refractivity contribution in [2.45, 2.75) is 19.4 Å². The first-order valence-corrected chi connectivity index (χ1v) is 6.83. The zero-order chi connectivity index (χ0) is 12.0. The maximum atomic E-state index is 13.5. The number of imidazole rings is 1. The molecule has 3 rings (SSSR count). The molecule has 5 heteroatoms. The lowest BCUT2D eigenvalue weighted by molar-refractivity contribution is 0.582. The minimum atomic E-state index is -0.219. The lowest BCUT2D eigenvalue weighted by atomic mass is 10.2. The smallest absolute Gasteiger partial charge is 0.201 e. The van der Waals surface area contributed by atoms with Crippen molar-refractivity contribution in [3.63, 3.8) is 0 Å². The third-order valence-corrected chi connectivity index (χ3v) is 4.41. The molecule has 0 bridgehead atoms. The summed E-state index contributed by atoms with van der Waals surface area (Å²) in [6.07, 6.45) is 1.11. The molecule has 1 unspecified atom stereocenters. The first-order valence-electron chi connectivity index (χ1n) is 5.68. The monoisotopic (exact) mass is 251 g/mol. The predicted octanol–water partition coefficient (Wildman–Crippen LogP) is 2.74. The van der Waals surface area contributed by atoms with Gasteiger partial charge in [-0.05, 0) is 30.7 Å². The minimum Gasteiger partial charge on any atom is -0.369 e. The highest BCUT2D eigenvalue weighted by atomic mass is 32.2. The van der Waals surface area contributed by atoms with Crippen LogP contribution in [0.2, 0.25) is 0 Å². The predicted molar refractivity (Wildman–Crippen MR) is 69.8 cm³/mol. The van der Waals surface area contributed by atoms with E-state index in [9.17, 15) is 4.39 Å². The van der Waals surface area contributed by atoms with Crippen molar-refractivity contribution in [2.75, 3.05) is 17.2 Å². The van der Waals surface area contributed by atoms with E-state index in [1.807, 2.05) is 17.8 Å². The Labute approximate surface area is 103 Å². The number of thioether (sulfide) groups is 1. The summed E-state index contributed by atoms with van der Waals surface area (Å²) in [4.78, 5) is 4.25. The Balaban J connectivity index is 2.22. The highest BCUT2D eigenvalue weighted by molar-refractivity contribution is 7.99. The van der Waals surface area contributed by atoms with Gasteiger partial charge in [-0.25, -0.2) is 9.37 Å². The summed E-state index contributed by atoms with van der Waals surface area (Å²) in [5.41, 5.74) is 8.20. The molecule has 0 aliphatic carbocycles. The van der Waals surface area contributed by atoms with Crippen LogP contribution in [0.1, 0.15) is 18.0 Å². The van der Waals surface area contributed by atoms with Crippen molar-refractivity contribution < 1.29 is 4.39 Å². The maximum absolute atomic E-state index is 13.5. The number of hydrogen-bond donors (Lipinski definition) is 1. The normalized spacial score (nSPS) is 20.2. The number of rotatable bonds is 1. The third kappa shape index (κ3) is 1.69. The van der Waals surface area contributed by atoms with Gasteiger partial charge in [0.2, 0.25) is 5.95 Å². The van der Waals surface area contributed by atoms with E-state index in [0.717, 1.165) is 23.4 Å². The Morgan fingerprint density at radius 2 is 2.35 bits per heavy atom. The third-order valence-electron chi connectivity index (χ3n) is 3.27. The average Bonchev–Trinajstić information content (AvgIpc) is 2.86. The fraction of sp³-hybridized carbons (Fsp3) is 0.417. The van der Waals surface area contributed by atoms with Gasteiger partial charge in [-0.15, -0.1) is 0 Å². The van der Waals surface area contributed by atoms with Crippen molar-refractivity contribution in [3.8, 4) is 0 Å². The van der Waals surface area contributed by atoms with Crippen LogP contribution in [-0.4, -0.2) is 21.1 Å². The quantitative estimate of drug-likeness (QED) is 0.847. The molecule has 1 aliphatic heterocycles.